The maximum absolute atomic E-state index is 12.3. The van der Waals surface area contributed by atoms with Gasteiger partial charge in [0.1, 0.15) is 0 Å². The molecule has 2 saturated carbocycles. The van der Waals surface area contributed by atoms with Crippen molar-refractivity contribution in [1.82, 2.24) is 9.80 Å². The Hall–Kier alpha value is -1.39. The third-order valence-corrected chi connectivity index (χ3v) is 5.56. The van der Waals surface area contributed by atoms with Gasteiger partial charge < -0.3 is 0 Å². The van der Waals surface area contributed by atoms with E-state index in [-0.39, 0.29) is 29.3 Å². The molecule has 2 bridgehead atoms. The van der Waals surface area contributed by atoms with Crippen LogP contribution in [0.25, 0.3) is 0 Å². The molecule has 2 aliphatic carbocycles. The Kier molecular flexibility index (Phi) is 2.38. The molecule has 19 heavy (non-hydrogen) atoms. The number of hydrogen-bond donors (Lipinski definition) is 0. The molecule has 0 aromatic carbocycles. The van der Waals surface area contributed by atoms with Crippen molar-refractivity contribution < 1.29 is 14.4 Å². The summed E-state index contributed by atoms with van der Waals surface area (Å²) < 4.78 is 0. The first-order chi connectivity index (χ1) is 8.78. The molecule has 1 saturated heterocycles. The number of hydrogen-bond acceptors (Lipinski definition) is 3. The van der Waals surface area contributed by atoms with E-state index in [1.54, 1.807) is 0 Å². The average Bonchev–Trinajstić information content (AvgIpc) is 2.80. The van der Waals surface area contributed by atoms with Gasteiger partial charge in [-0.1, -0.05) is 13.8 Å². The zero-order valence-electron chi connectivity index (χ0n) is 11.8. The highest BCUT2D eigenvalue weighted by atomic mass is 16.2. The first-order valence-corrected chi connectivity index (χ1v) is 6.92. The topological polar surface area (TPSA) is 57.7 Å². The van der Waals surface area contributed by atoms with E-state index in [2.05, 4.69) is 13.8 Å². The summed E-state index contributed by atoms with van der Waals surface area (Å²) in [4.78, 5) is 38.6. The van der Waals surface area contributed by atoms with E-state index in [1.807, 2.05) is 0 Å². The van der Waals surface area contributed by atoms with Crippen molar-refractivity contribution in [1.29, 1.82) is 0 Å². The molecule has 1 heterocycles. The van der Waals surface area contributed by atoms with Crippen molar-refractivity contribution >= 4 is 17.8 Å². The summed E-state index contributed by atoms with van der Waals surface area (Å²) in [6.45, 7) is 7.23. The minimum atomic E-state index is -0.414. The number of carbonyl (C=O) groups is 3. The Labute approximate surface area is 112 Å². The van der Waals surface area contributed by atoms with Gasteiger partial charge in [0.05, 0.1) is 12.1 Å². The average molecular weight is 264 g/mol. The number of rotatable bonds is 0. The van der Waals surface area contributed by atoms with Crippen molar-refractivity contribution in [2.45, 2.75) is 52.6 Å². The second kappa shape index (κ2) is 3.58. The lowest BCUT2D eigenvalue weighted by molar-refractivity contribution is -0.128. The Balaban J connectivity index is 2.09. The molecule has 0 aromatic heterocycles. The van der Waals surface area contributed by atoms with Gasteiger partial charge in [0.25, 0.3) is 0 Å². The minimum Gasteiger partial charge on any atom is -0.275 e. The van der Waals surface area contributed by atoms with Gasteiger partial charge in [0.15, 0.2) is 0 Å². The Bertz CT molecular complexity index is 445. The lowest BCUT2D eigenvalue weighted by atomic mass is 9.81. The van der Waals surface area contributed by atoms with E-state index in [1.165, 1.54) is 23.6 Å². The minimum absolute atomic E-state index is 0.0947. The maximum atomic E-state index is 12.3. The number of imide groups is 2. The van der Waals surface area contributed by atoms with Crippen LogP contribution in [0.15, 0.2) is 0 Å². The first kappa shape index (κ1) is 12.6. The first-order valence-electron chi connectivity index (χ1n) is 6.92. The number of amides is 4. The fourth-order valence-corrected chi connectivity index (χ4v) is 4.80. The largest absolute Gasteiger partial charge is 0.334 e. The van der Waals surface area contributed by atoms with E-state index in [9.17, 15) is 14.4 Å². The summed E-state index contributed by atoms with van der Waals surface area (Å²) in [5.74, 6) is 0.151. The molecule has 0 aromatic rings. The van der Waals surface area contributed by atoms with Gasteiger partial charge >= 0.3 is 6.03 Å². The van der Waals surface area contributed by atoms with Gasteiger partial charge in [-0.3, -0.25) is 19.4 Å². The molecule has 4 amide bonds. The quantitative estimate of drug-likeness (QED) is 0.668. The van der Waals surface area contributed by atoms with Crippen LogP contribution in [0.3, 0.4) is 0 Å². The highest BCUT2D eigenvalue weighted by Gasteiger charge is 2.68. The van der Waals surface area contributed by atoms with Crippen LogP contribution in [0.1, 0.15) is 40.5 Å². The van der Waals surface area contributed by atoms with Crippen molar-refractivity contribution in [2.24, 2.45) is 17.3 Å². The van der Waals surface area contributed by atoms with Crippen molar-refractivity contribution in [2.75, 3.05) is 0 Å². The summed E-state index contributed by atoms with van der Waals surface area (Å²) in [6.07, 6.45) is 2.09. The summed E-state index contributed by atoms with van der Waals surface area (Å²) in [6, 6.07) is -0.632. The second-order valence-corrected chi connectivity index (χ2v) is 6.65. The summed E-state index contributed by atoms with van der Waals surface area (Å²) in [7, 11) is 0. The number of nitrogens with zero attached hydrogens (tertiary/aromatic N) is 2. The SMILES string of the molecule is CC(=O)N1C(=O)N(C(C)=O)C2C1C1CCC2C1(C)C. The molecular weight excluding hydrogens is 244 g/mol. The molecule has 4 atom stereocenters. The third kappa shape index (κ3) is 1.33. The monoisotopic (exact) mass is 264 g/mol. The van der Waals surface area contributed by atoms with Crippen molar-refractivity contribution in [3.8, 4) is 0 Å². The van der Waals surface area contributed by atoms with Crippen LogP contribution in [0.2, 0.25) is 0 Å². The molecule has 0 N–H and O–H groups in total. The standard InChI is InChI=1S/C14H20N2O3/c1-7(17)15-11-9-5-6-10(14(9,3)4)12(11)16(8(2)18)13(15)19/h9-12H,5-6H2,1-4H3. The van der Waals surface area contributed by atoms with Gasteiger partial charge in [-0.05, 0) is 30.1 Å². The predicted octanol–water partition coefficient (Wildman–Crippen LogP) is 1.62. The van der Waals surface area contributed by atoms with E-state index < -0.39 is 6.03 Å². The van der Waals surface area contributed by atoms with Crippen molar-refractivity contribution in [3.63, 3.8) is 0 Å². The van der Waals surface area contributed by atoms with Crippen molar-refractivity contribution in [3.05, 3.63) is 0 Å². The molecular formula is C14H20N2O3. The van der Waals surface area contributed by atoms with Gasteiger partial charge in [0.2, 0.25) is 11.8 Å². The van der Waals surface area contributed by atoms with Crippen LogP contribution >= 0.6 is 0 Å². The molecule has 3 rings (SSSR count). The molecule has 0 spiro atoms. The smallest absolute Gasteiger partial charge is 0.275 e. The lowest BCUT2D eigenvalue weighted by Crippen LogP contribution is -2.44. The van der Waals surface area contributed by atoms with Crippen LogP contribution in [0, 0.1) is 17.3 Å². The van der Waals surface area contributed by atoms with Crippen LogP contribution in [0.5, 0.6) is 0 Å². The van der Waals surface area contributed by atoms with Gasteiger partial charge in [0, 0.05) is 13.8 Å². The van der Waals surface area contributed by atoms with Crippen LogP contribution < -0.4 is 0 Å². The summed E-state index contributed by atoms with van der Waals surface area (Å²) in [5.41, 5.74) is 0.0947. The molecule has 3 aliphatic rings. The van der Waals surface area contributed by atoms with E-state index in [4.69, 9.17) is 0 Å². The van der Waals surface area contributed by atoms with Gasteiger partial charge in [-0.2, -0.15) is 0 Å². The van der Waals surface area contributed by atoms with Crippen LogP contribution in [-0.4, -0.2) is 39.7 Å². The van der Waals surface area contributed by atoms with E-state index in [0.717, 1.165) is 12.8 Å². The fourth-order valence-electron chi connectivity index (χ4n) is 4.80. The summed E-state index contributed by atoms with van der Waals surface area (Å²) in [5, 5.41) is 0. The van der Waals surface area contributed by atoms with E-state index in [0.29, 0.717) is 11.8 Å². The third-order valence-electron chi connectivity index (χ3n) is 5.56. The molecule has 1 aliphatic heterocycles. The number of fused-ring (bicyclic) bond motifs is 5. The maximum Gasteiger partial charge on any atom is 0.334 e. The number of carbonyl (C=O) groups excluding carboxylic acids is 3. The van der Waals surface area contributed by atoms with Gasteiger partial charge in [-0.15, -0.1) is 0 Å². The van der Waals surface area contributed by atoms with E-state index >= 15 is 0 Å². The Morgan fingerprint density at radius 1 is 1.00 bits per heavy atom. The molecule has 4 unspecified atom stereocenters. The Morgan fingerprint density at radius 3 is 1.68 bits per heavy atom. The highest BCUT2D eigenvalue weighted by molar-refractivity contribution is 6.04. The molecule has 5 nitrogen and oxygen atoms in total. The zero-order valence-corrected chi connectivity index (χ0v) is 11.8. The van der Waals surface area contributed by atoms with Crippen LogP contribution in [0.4, 0.5) is 4.79 Å². The molecule has 3 fully saturated rings. The number of urea groups is 1. The van der Waals surface area contributed by atoms with Gasteiger partial charge in [-0.25, -0.2) is 4.79 Å². The highest BCUT2D eigenvalue weighted by Crippen LogP contribution is 2.62. The van der Waals surface area contributed by atoms with Crippen LogP contribution in [-0.2, 0) is 9.59 Å². The Morgan fingerprint density at radius 2 is 1.37 bits per heavy atom. The normalized spacial score (nSPS) is 38.8. The second-order valence-electron chi connectivity index (χ2n) is 6.65. The zero-order chi connectivity index (χ0) is 14.1. The predicted molar refractivity (Wildman–Crippen MR) is 68.0 cm³/mol. The molecule has 0 radical (unpaired) electrons. The molecule has 104 valence electrons. The fraction of sp³-hybridized carbons (Fsp3) is 0.786. The summed E-state index contributed by atoms with van der Waals surface area (Å²) >= 11 is 0. The molecule has 5 heteroatoms. The lowest BCUT2D eigenvalue weighted by Gasteiger charge is -2.30.